The molecule has 7 rings (SSSR count). The Labute approximate surface area is 272 Å². The minimum absolute atomic E-state index is 0.100. The number of hydrogen-bond acceptors (Lipinski definition) is 6. The summed E-state index contributed by atoms with van der Waals surface area (Å²) in [6, 6.07) is 28.6. The third-order valence-electron chi connectivity index (χ3n) is 8.17. The van der Waals surface area contributed by atoms with E-state index in [9.17, 15) is 8.42 Å². The summed E-state index contributed by atoms with van der Waals surface area (Å²) in [5, 5.41) is 6.47. The predicted octanol–water partition coefficient (Wildman–Crippen LogP) is 8.15. The van der Waals surface area contributed by atoms with Crippen LogP contribution in [0.5, 0.6) is 5.75 Å². The fourth-order valence-corrected chi connectivity index (χ4v) is 8.43. The molecular formula is C34H26BrClFN3O4S. The lowest BCUT2D eigenvalue weighted by Crippen LogP contribution is -2.40. The van der Waals surface area contributed by atoms with Crippen LogP contribution in [0.4, 0.5) is 4.39 Å². The molecule has 0 spiro atoms. The van der Waals surface area contributed by atoms with Crippen LogP contribution in [-0.4, -0.2) is 23.6 Å². The molecule has 0 saturated heterocycles. The first kappa shape index (κ1) is 29.7. The largest absolute Gasteiger partial charge is 0.489 e. The number of fused-ring (bicyclic) bond motifs is 3. The van der Waals surface area contributed by atoms with Gasteiger partial charge in [-0.25, -0.2) is 12.8 Å². The van der Waals surface area contributed by atoms with Crippen LogP contribution >= 0.6 is 27.5 Å². The molecule has 1 aliphatic rings. The van der Waals surface area contributed by atoms with Gasteiger partial charge < -0.3 is 14.1 Å². The number of nitrogens with one attached hydrogen (secondary N) is 1. The highest BCUT2D eigenvalue weighted by atomic mass is 79.9. The van der Waals surface area contributed by atoms with Gasteiger partial charge in [0.25, 0.3) is 10.9 Å². The average molecular weight is 707 g/mol. The summed E-state index contributed by atoms with van der Waals surface area (Å²) in [5.74, 6) is -0.823. The molecule has 2 atom stereocenters. The van der Waals surface area contributed by atoms with Gasteiger partial charge in [0.15, 0.2) is 0 Å². The maximum Gasteiger partial charge on any atom is 0.294 e. The van der Waals surface area contributed by atoms with Crippen molar-refractivity contribution in [1.82, 2.24) is 15.2 Å². The number of benzene rings is 4. The summed E-state index contributed by atoms with van der Waals surface area (Å²) in [4.78, 5) is 3.13. The van der Waals surface area contributed by atoms with Gasteiger partial charge in [-0.15, -0.1) is 10.2 Å². The minimum Gasteiger partial charge on any atom is -0.489 e. The smallest absolute Gasteiger partial charge is 0.294 e. The van der Waals surface area contributed by atoms with Crippen LogP contribution in [0.2, 0.25) is 5.02 Å². The van der Waals surface area contributed by atoms with E-state index in [0.717, 1.165) is 33.3 Å². The van der Waals surface area contributed by atoms with Crippen LogP contribution in [-0.2, 0) is 40.7 Å². The van der Waals surface area contributed by atoms with E-state index in [4.69, 9.17) is 20.8 Å². The topological polar surface area (TPSA) is 98.1 Å². The second-order valence-corrected chi connectivity index (χ2v) is 14.5. The molecule has 0 saturated carbocycles. The van der Waals surface area contributed by atoms with Gasteiger partial charge in [-0.1, -0.05) is 76.1 Å². The van der Waals surface area contributed by atoms with Crippen LogP contribution in [0.25, 0.3) is 10.9 Å². The van der Waals surface area contributed by atoms with Crippen molar-refractivity contribution in [3.05, 3.63) is 141 Å². The average Bonchev–Trinajstić information content (AvgIpc) is 3.77. The molecule has 1 unspecified atom stereocenters. The SMILES string of the molecule is O=S(=O)(c1cccc(Br)c1)C(F)(c1nnc(Cc2ccc(OCc3ccccc3)cc2)o1)[C@@H]1Cc2[nH]c3ccc(Cl)cc3c2C1. The number of H-pyrrole nitrogens is 1. The third-order valence-corrected chi connectivity index (χ3v) is 11.1. The molecule has 0 amide bonds. The lowest BCUT2D eigenvalue weighted by atomic mass is 9.98. The molecule has 0 radical (unpaired) electrons. The maximum absolute atomic E-state index is 17.7. The number of nitrogens with zero attached hydrogens (tertiary/aromatic N) is 2. The highest BCUT2D eigenvalue weighted by molar-refractivity contribution is 9.10. The van der Waals surface area contributed by atoms with Crippen molar-refractivity contribution in [3.63, 3.8) is 0 Å². The van der Waals surface area contributed by atoms with Gasteiger partial charge in [0.2, 0.25) is 15.7 Å². The molecule has 0 fully saturated rings. The number of sulfone groups is 1. The Morgan fingerprint density at radius 1 is 0.956 bits per heavy atom. The van der Waals surface area contributed by atoms with E-state index >= 15 is 4.39 Å². The van der Waals surface area contributed by atoms with E-state index < -0.39 is 26.6 Å². The summed E-state index contributed by atoms with van der Waals surface area (Å²) in [6.07, 6.45) is 0.459. The number of aromatic amines is 1. The Morgan fingerprint density at radius 3 is 2.53 bits per heavy atom. The van der Waals surface area contributed by atoms with Crippen LogP contribution in [0.1, 0.15) is 34.2 Å². The van der Waals surface area contributed by atoms with Crippen molar-refractivity contribution >= 4 is 48.3 Å². The van der Waals surface area contributed by atoms with Crippen LogP contribution in [0.3, 0.4) is 0 Å². The van der Waals surface area contributed by atoms with Crippen molar-refractivity contribution < 1.29 is 22.0 Å². The molecule has 4 aromatic carbocycles. The summed E-state index contributed by atoms with van der Waals surface area (Å²) >= 11 is 9.57. The summed E-state index contributed by atoms with van der Waals surface area (Å²) < 4.78 is 58.3. The van der Waals surface area contributed by atoms with Crippen LogP contribution in [0.15, 0.2) is 111 Å². The zero-order chi connectivity index (χ0) is 31.2. The van der Waals surface area contributed by atoms with Crippen molar-refractivity contribution in [1.29, 1.82) is 0 Å². The molecule has 228 valence electrons. The summed E-state index contributed by atoms with van der Waals surface area (Å²) in [5.41, 5.74) is 4.32. The molecule has 1 aliphatic carbocycles. The highest BCUT2D eigenvalue weighted by Gasteiger charge is 2.59. The van der Waals surface area contributed by atoms with Crippen molar-refractivity contribution in [2.45, 2.75) is 35.8 Å². The zero-order valence-corrected chi connectivity index (χ0v) is 26.9. The normalized spacial score (nSPS) is 16.0. The van der Waals surface area contributed by atoms with Gasteiger partial charge in [0.1, 0.15) is 12.4 Å². The van der Waals surface area contributed by atoms with E-state index in [0.29, 0.717) is 21.9 Å². The van der Waals surface area contributed by atoms with Crippen molar-refractivity contribution in [3.8, 4) is 5.75 Å². The van der Waals surface area contributed by atoms with Gasteiger partial charge in [-0.2, -0.15) is 0 Å². The first-order valence-corrected chi connectivity index (χ1v) is 16.9. The summed E-state index contributed by atoms with van der Waals surface area (Å²) in [7, 11) is -4.66. The van der Waals surface area contributed by atoms with E-state index in [1.165, 1.54) is 12.1 Å². The Kier molecular flexibility index (Phi) is 7.75. The molecule has 2 aromatic heterocycles. The maximum atomic E-state index is 17.7. The number of alkyl halides is 1. The summed E-state index contributed by atoms with van der Waals surface area (Å²) in [6.45, 7) is 0.436. The van der Waals surface area contributed by atoms with Gasteiger partial charge in [-0.3, -0.25) is 0 Å². The second-order valence-electron chi connectivity index (χ2n) is 11.1. The van der Waals surface area contributed by atoms with Crippen molar-refractivity contribution in [2.24, 2.45) is 5.92 Å². The fraction of sp³-hybridized carbons (Fsp3) is 0.176. The zero-order valence-electron chi connectivity index (χ0n) is 23.7. The molecule has 2 heterocycles. The second kappa shape index (κ2) is 11.7. The predicted molar refractivity (Wildman–Crippen MR) is 173 cm³/mol. The Morgan fingerprint density at radius 2 is 1.76 bits per heavy atom. The molecule has 7 nitrogen and oxygen atoms in total. The molecular weight excluding hydrogens is 681 g/mol. The Hall–Kier alpha value is -3.99. The van der Waals surface area contributed by atoms with Crippen LogP contribution < -0.4 is 4.74 Å². The number of ether oxygens (including phenoxy) is 1. The highest BCUT2D eigenvalue weighted by Crippen LogP contribution is 2.49. The Bertz CT molecular complexity index is 2120. The van der Waals surface area contributed by atoms with Gasteiger partial charge in [0, 0.05) is 32.0 Å². The molecule has 1 N–H and O–H groups in total. The van der Waals surface area contributed by atoms with Gasteiger partial charge in [0.05, 0.1) is 11.3 Å². The van der Waals surface area contributed by atoms with Gasteiger partial charge in [-0.05, 0) is 78.1 Å². The van der Waals surface area contributed by atoms with E-state index in [2.05, 4.69) is 31.1 Å². The molecule has 6 aromatic rings. The van der Waals surface area contributed by atoms with Crippen LogP contribution in [0, 0.1) is 5.92 Å². The lowest BCUT2D eigenvalue weighted by Gasteiger charge is -2.28. The van der Waals surface area contributed by atoms with Gasteiger partial charge >= 0.3 is 0 Å². The molecule has 45 heavy (non-hydrogen) atoms. The quantitative estimate of drug-likeness (QED) is 0.163. The monoisotopic (exact) mass is 705 g/mol. The Balaban J connectivity index is 1.18. The standard InChI is InChI=1S/C34H26BrClFN3O4S/c35-24-7-4-8-27(18-24)45(41,42)34(37,23-16-28-29-19-25(36)11-14-30(29)38-31(28)17-23)33-40-39-32(44-33)15-21-9-12-26(13-10-21)43-20-22-5-2-1-3-6-22/h1-14,18-19,23,38H,15-17,20H2/t23-,34?/m0/s1. The number of rotatable bonds is 9. The number of aromatic nitrogens is 3. The third kappa shape index (κ3) is 5.55. The van der Waals surface area contributed by atoms with E-state index in [1.807, 2.05) is 60.7 Å². The minimum atomic E-state index is -4.66. The lowest BCUT2D eigenvalue weighted by molar-refractivity contribution is 0.137. The number of halogens is 3. The van der Waals surface area contributed by atoms with Crippen molar-refractivity contribution in [2.75, 3.05) is 0 Å². The van der Waals surface area contributed by atoms with E-state index in [1.54, 1.807) is 24.3 Å². The number of hydrogen-bond donors (Lipinski definition) is 1. The molecule has 0 aliphatic heterocycles. The fourth-order valence-electron chi connectivity index (χ4n) is 5.91. The molecule has 11 heteroatoms. The first-order chi connectivity index (χ1) is 21.7. The first-order valence-electron chi connectivity index (χ1n) is 14.3. The van der Waals surface area contributed by atoms with E-state index in [-0.39, 0.29) is 30.0 Å². The molecule has 0 bridgehead atoms.